The first-order valence-corrected chi connectivity index (χ1v) is 7.35. The zero-order valence-corrected chi connectivity index (χ0v) is 12.3. The van der Waals surface area contributed by atoms with Gasteiger partial charge in [0.15, 0.2) is 0 Å². The van der Waals surface area contributed by atoms with Crippen molar-refractivity contribution in [3.8, 4) is 5.75 Å². The lowest BCUT2D eigenvalue weighted by Crippen LogP contribution is -2.32. The van der Waals surface area contributed by atoms with Crippen molar-refractivity contribution < 1.29 is 13.2 Å². The molecule has 1 aromatic rings. The van der Waals surface area contributed by atoms with Crippen LogP contribution < -0.4 is 10.5 Å². The molecule has 5 nitrogen and oxygen atoms in total. The first-order chi connectivity index (χ1) is 8.82. The molecular weight excluding hydrogens is 264 g/mol. The second-order valence-corrected chi connectivity index (χ2v) is 6.23. The highest BCUT2D eigenvalue weighted by Gasteiger charge is 2.23. The van der Waals surface area contributed by atoms with Crippen molar-refractivity contribution in [1.29, 1.82) is 0 Å². The number of hydrogen-bond acceptors (Lipinski definition) is 4. The second kappa shape index (κ2) is 6.08. The predicted octanol–water partition coefficient (Wildman–Crippen LogP) is 1.86. The van der Waals surface area contributed by atoms with E-state index in [1.165, 1.54) is 29.6 Å². The molecule has 0 amide bonds. The molecule has 19 heavy (non-hydrogen) atoms. The first-order valence-electron chi connectivity index (χ1n) is 5.91. The van der Waals surface area contributed by atoms with E-state index in [0.29, 0.717) is 24.5 Å². The molecule has 0 aliphatic rings. The van der Waals surface area contributed by atoms with Crippen LogP contribution in [0, 0.1) is 0 Å². The van der Waals surface area contributed by atoms with Crippen LogP contribution >= 0.6 is 0 Å². The molecule has 1 rings (SSSR count). The number of benzene rings is 1. The first kappa shape index (κ1) is 15.5. The number of nitrogen functional groups attached to an aromatic ring is 1. The number of anilines is 1. The van der Waals surface area contributed by atoms with Gasteiger partial charge in [0.05, 0.1) is 17.7 Å². The van der Waals surface area contributed by atoms with Crippen molar-refractivity contribution in [2.45, 2.75) is 18.7 Å². The maximum Gasteiger partial charge on any atom is 0.243 e. The fourth-order valence-corrected chi connectivity index (χ4v) is 3.19. The zero-order valence-electron chi connectivity index (χ0n) is 11.5. The van der Waals surface area contributed by atoms with E-state index in [-0.39, 0.29) is 4.90 Å². The molecule has 0 radical (unpaired) electrons. The fourth-order valence-electron chi connectivity index (χ4n) is 1.67. The molecule has 1 aromatic carbocycles. The van der Waals surface area contributed by atoms with Crippen molar-refractivity contribution in [3.63, 3.8) is 0 Å². The van der Waals surface area contributed by atoms with Gasteiger partial charge in [0.2, 0.25) is 10.0 Å². The number of nitrogens with zero attached hydrogens (tertiary/aromatic N) is 1. The van der Waals surface area contributed by atoms with E-state index in [1.54, 1.807) is 13.8 Å². The number of likely N-dealkylation sites (N-methyl/N-ethyl adjacent to an activating group) is 1. The Morgan fingerprint density at radius 1 is 1.47 bits per heavy atom. The van der Waals surface area contributed by atoms with Gasteiger partial charge in [-0.05, 0) is 19.1 Å². The molecule has 0 heterocycles. The number of ether oxygens (including phenoxy) is 1. The number of rotatable bonds is 6. The summed E-state index contributed by atoms with van der Waals surface area (Å²) in [6, 6.07) is 4.44. The summed E-state index contributed by atoms with van der Waals surface area (Å²) in [5.41, 5.74) is 6.88. The summed E-state index contributed by atoms with van der Waals surface area (Å²) in [7, 11) is -2.11. The highest BCUT2D eigenvalue weighted by atomic mass is 32.2. The largest absolute Gasteiger partial charge is 0.495 e. The van der Waals surface area contributed by atoms with E-state index >= 15 is 0 Å². The maximum atomic E-state index is 12.5. The Morgan fingerprint density at radius 3 is 2.58 bits per heavy atom. The molecule has 0 aliphatic carbocycles. The summed E-state index contributed by atoms with van der Waals surface area (Å²) in [6.45, 7) is 8.00. The van der Waals surface area contributed by atoms with E-state index < -0.39 is 10.0 Å². The number of hydrogen-bond donors (Lipinski definition) is 1. The minimum absolute atomic E-state index is 0.168. The highest BCUT2D eigenvalue weighted by molar-refractivity contribution is 7.89. The summed E-state index contributed by atoms with van der Waals surface area (Å²) < 4.78 is 31.3. The van der Waals surface area contributed by atoms with Crippen molar-refractivity contribution >= 4 is 15.7 Å². The molecular formula is C13H20N2O3S. The molecule has 0 aromatic heterocycles. The molecule has 106 valence electrons. The van der Waals surface area contributed by atoms with E-state index in [4.69, 9.17) is 10.5 Å². The predicted molar refractivity (Wildman–Crippen MR) is 76.7 cm³/mol. The SMILES string of the molecule is C=C(C)CN(CC)S(=O)(=O)c1ccc(N)c(OC)c1. The Kier molecular flexibility index (Phi) is 4.97. The van der Waals surface area contributed by atoms with Crippen LogP contribution in [0.15, 0.2) is 35.2 Å². The van der Waals surface area contributed by atoms with Gasteiger partial charge in [0.1, 0.15) is 5.75 Å². The Balaban J connectivity index is 3.21. The van der Waals surface area contributed by atoms with Gasteiger partial charge in [0.25, 0.3) is 0 Å². The molecule has 0 atom stereocenters. The minimum Gasteiger partial charge on any atom is -0.495 e. The van der Waals surface area contributed by atoms with Gasteiger partial charge in [-0.1, -0.05) is 19.1 Å². The lowest BCUT2D eigenvalue weighted by Gasteiger charge is -2.21. The Morgan fingerprint density at radius 2 is 2.11 bits per heavy atom. The molecule has 0 aliphatic heterocycles. The molecule has 0 unspecified atom stereocenters. The Hall–Kier alpha value is -1.53. The van der Waals surface area contributed by atoms with E-state index in [0.717, 1.165) is 5.57 Å². The van der Waals surface area contributed by atoms with Gasteiger partial charge < -0.3 is 10.5 Å². The summed E-state index contributed by atoms with van der Waals surface area (Å²) in [5.74, 6) is 0.354. The van der Waals surface area contributed by atoms with Crippen LogP contribution in [0.4, 0.5) is 5.69 Å². The topological polar surface area (TPSA) is 72.6 Å². The van der Waals surface area contributed by atoms with Gasteiger partial charge in [-0.25, -0.2) is 8.42 Å². The number of sulfonamides is 1. The summed E-state index contributed by atoms with van der Waals surface area (Å²) in [6.07, 6.45) is 0. The molecule has 0 spiro atoms. The van der Waals surface area contributed by atoms with Crippen molar-refractivity contribution in [3.05, 3.63) is 30.4 Å². The number of methoxy groups -OCH3 is 1. The van der Waals surface area contributed by atoms with Gasteiger partial charge >= 0.3 is 0 Å². The quantitative estimate of drug-likeness (QED) is 0.639. The Labute approximate surface area is 114 Å². The van der Waals surface area contributed by atoms with Crippen LogP contribution in [0.2, 0.25) is 0 Å². The summed E-state index contributed by atoms with van der Waals surface area (Å²) in [4.78, 5) is 0.168. The average Bonchev–Trinajstić information content (AvgIpc) is 2.35. The number of nitrogens with two attached hydrogens (primary N) is 1. The van der Waals surface area contributed by atoms with E-state index in [9.17, 15) is 8.42 Å². The van der Waals surface area contributed by atoms with Crippen LogP contribution in [-0.2, 0) is 10.0 Å². The standard InChI is InChI=1S/C13H20N2O3S/c1-5-15(9-10(2)3)19(16,17)11-6-7-12(14)13(8-11)18-4/h6-8H,2,5,9,14H2,1,3-4H3. The third-order valence-corrected chi connectivity index (χ3v) is 4.56. The maximum absolute atomic E-state index is 12.5. The summed E-state index contributed by atoms with van der Waals surface area (Å²) >= 11 is 0. The van der Waals surface area contributed by atoms with Gasteiger partial charge in [0, 0.05) is 19.2 Å². The lowest BCUT2D eigenvalue weighted by molar-refractivity contribution is 0.414. The monoisotopic (exact) mass is 284 g/mol. The van der Waals surface area contributed by atoms with E-state index in [2.05, 4.69) is 6.58 Å². The van der Waals surface area contributed by atoms with Crippen molar-refractivity contribution in [1.82, 2.24) is 4.31 Å². The van der Waals surface area contributed by atoms with Crippen LogP contribution in [0.5, 0.6) is 5.75 Å². The molecule has 0 bridgehead atoms. The average molecular weight is 284 g/mol. The molecule has 0 fully saturated rings. The van der Waals surface area contributed by atoms with Crippen molar-refractivity contribution in [2.24, 2.45) is 0 Å². The summed E-state index contributed by atoms with van der Waals surface area (Å²) in [5, 5.41) is 0. The molecule has 6 heteroatoms. The van der Waals surface area contributed by atoms with Crippen LogP contribution in [0.3, 0.4) is 0 Å². The second-order valence-electron chi connectivity index (χ2n) is 4.29. The van der Waals surface area contributed by atoms with Crippen LogP contribution in [0.25, 0.3) is 0 Å². The fraction of sp³-hybridized carbons (Fsp3) is 0.385. The Bertz CT molecular complexity index is 567. The zero-order chi connectivity index (χ0) is 14.6. The van der Waals surface area contributed by atoms with Crippen LogP contribution in [0.1, 0.15) is 13.8 Å². The minimum atomic E-state index is -3.56. The lowest BCUT2D eigenvalue weighted by atomic mass is 10.3. The third kappa shape index (κ3) is 3.48. The molecule has 2 N–H and O–H groups in total. The van der Waals surface area contributed by atoms with Crippen molar-refractivity contribution in [2.75, 3.05) is 25.9 Å². The normalized spacial score (nSPS) is 11.6. The highest BCUT2D eigenvalue weighted by Crippen LogP contribution is 2.26. The third-order valence-electron chi connectivity index (χ3n) is 2.64. The molecule has 0 saturated carbocycles. The smallest absolute Gasteiger partial charge is 0.243 e. The molecule has 0 saturated heterocycles. The van der Waals surface area contributed by atoms with E-state index in [1.807, 2.05) is 0 Å². The van der Waals surface area contributed by atoms with Gasteiger partial charge in [-0.2, -0.15) is 4.31 Å². The van der Waals surface area contributed by atoms with Crippen LogP contribution in [-0.4, -0.2) is 32.9 Å². The van der Waals surface area contributed by atoms with Gasteiger partial charge in [-0.15, -0.1) is 0 Å². The van der Waals surface area contributed by atoms with Gasteiger partial charge in [-0.3, -0.25) is 0 Å².